The molecular weight excluding hydrogens is 331 g/mol. The highest BCUT2D eigenvalue weighted by molar-refractivity contribution is 5.45. The van der Waals surface area contributed by atoms with Gasteiger partial charge in [0.15, 0.2) is 0 Å². The molecule has 1 N–H and O–H groups in total. The van der Waals surface area contributed by atoms with E-state index in [0.717, 1.165) is 55.6 Å². The smallest absolute Gasteiger partial charge is 0.132 e. The number of pyridine rings is 1. The van der Waals surface area contributed by atoms with E-state index >= 15 is 0 Å². The number of aromatic nitrogens is 1. The lowest BCUT2D eigenvalue weighted by Gasteiger charge is -2.27. The molecule has 138 valence electrons. The Bertz CT molecular complexity index is 748. The highest BCUT2D eigenvalue weighted by Crippen LogP contribution is 2.36. The van der Waals surface area contributed by atoms with E-state index in [4.69, 9.17) is 4.74 Å². The van der Waals surface area contributed by atoms with Gasteiger partial charge in [-0.1, -0.05) is 12.1 Å². The number of aliphatic hydroxyl groups is 1. The maximum atomic E-state index is 13.1. The van der Waals surface area contributed by atoms with E-state index in [1.807, 2.05) is 12.1 Å². The Balaban J connectivity index is 1.44. The van der Waals surface area contributed by atoms with Gasteiger partial charge in [0.1, 0.15) is 17.4 Å². The summed E-state index contributed by atoms with van der Waals surface area (Å²) >= 11 is 0. The third-order valence-corrected chi connectivity index (χ3v) is 5.49. The second kappa shape index (κ2) is 7.23. The van der Waals surface area contributed by atoms with E-state index in [1.54, 1.807) is 18.3 Å². The van der Waals surface area contributed by atoms with Gasteiger partial charge < -0.3 is 14.7 Å². The highest BCUT2D eigenvalue weighted by atomic mass is 19.1. The zero-order chi connectivity index (χ0) is 18.0. The van der Waals surface area contributed by atoms with Gasteiger partial charge in [-0.3, -0.25) is 0 Å². The molecule has 0 spiro atoms. The minimum absolute atomic E-state index is 0.110. The molecule has 0 amide bonds. The molecule has 1 aromatic carbocycles. The van der Waals surface area contributed by atoms with Crippen LogP contribution in [0.4, 0.5) is 10.2 Å². The van der Waals surface area contributed by atoms with Crippen molar-refractivity contribution in [3.05, 3.63) is 54.0 Å². The van der Waals surface area contributed by atoms with Crippen molar-refractivity contribution >= 4 is 5.82 Å². The average molecular weight is 356 g/mol. The first-order valence-electron chi connectivity index (χ1n) is 9.35. The van der Waals surface area contributed by atoms with Gasteiger partial charge in [-0.15, -0.1) is 0 Å². The summed E-state index contributed by atoms with van der Waals surface area (Å²) in [6.07, 6.45) is 5.95. The normalized spacial score (nSPS) is 22.6. The molecule has 5 heteroatoms. The minimum Gasteiger partial charge on any atom is -0.493 e. The molecule has 1 aliphatic heterocycles. The van der Waals surface area contributed by atoms with Crippen LogP contribution in [0.25, 0.3) is 0 Å². The molecule has 4 nitrogen and oxygen atoms in total. The Morgan fingerprint density at radius 2 is 2.04 bits per heavy atom. The van der Waals surface area contributed by atoms with Crippen LogP contribution >= 0.6 is 0 Å². The predicted molar refractivity (Wildman–Crippen MR) is 98.9 cm³/mol. The molecule has 1 aromatic heterocycles. The van der Waals surface area contributed by atoms with Gasteiger partial charge in [0.25, 0.3) is 0 Å². The maximum absolute atomic E-state index is 13.1. The lowest BCUT2D eigenvalue weighted by Crippen LogP contribution is -2.32. The molecule has 1 atom stereocenters. The Labute approximate surface area is 153 Å². The number of aliphatic hydroxyl groups excluding tert-OH is 1. The van der Waals surface area contributed by atoms with Crippen molar-refractivity contribution in [3.63, 3.8) is 0 Å². The topological polar surface area (TPSA) is 45.6 Å². The van der Waals surface area contributed by atoms with E-state index in [9.17, 15) is 9.50 Å². The molecule has 0 radical (unpaired) electrons. The van der Waals surface area contributed by atoms with Crippen LogP contribution in [-0.2, 0) is 6.42 Å². The molecule has 1 aliphatic carbocycles. The van der Waals surface area contributed by atoms with Crippen LogP contribution in [-0.4, -0.2) is 36.4 Å². The Kier molecular flexibility index (Phi) is 4.81. The van der Waals surface area contributed by atoms with E-state index in [2.05, 4.69) is 9.88 Å². The van der Waals surface area contributed by atoms with Gasteiger partial charge in [-0.05, 0) is 55.4 Å². The maximum Gasteiger partial charge on any atom is 0.132 e. The van der Waals surface area contributed by atoms with Crippen LogP contribution in [0.3, 0.4) is 0 Å². The summed E-state index contributed by atoms with van der Waals surface area (Å²) in [5, 5.41) is 10.1. The third-order valence-electron chi connectivity index (χ3n) is 5.49. The average Bonchev–Trinajstić information content (AvgIpc) is 3.41. The number of nitrogens with zero attached hydrogens (tertiary/aromatic N) is 2. The molecule has 2 aliphatic rings. The van der Waals surface area contributed by atoms with Crippen molar-refractivity contribution in [2.24, 2.45) is 11.3 Å². The number of hydrogen-bond donors (Lipinski definition) is 1. The van der Waals surface area contributed by atoms with Gasteiger partial charge in [0, 0.05) is 30.8 Å². The zero-order valence-corrected chi connectivity index (χ0v) is 14.9. The summed E-state index contributed by atoms with van der Waals surface area (Å²) in [6.45, 7) is 2.48. The first-order chi connectivity index (χ1) is 12.7. The van der Waals surface area contributed by atoms with Crippen molar-refractivity contribution in [1.29, 1.82) is 0 Å². The second-order valence-electron chi connectivity index (χ2n) is 7.74. The summed E-state index contributed by atoms with van der Waals surface area (Å²) in [6, 6.07) is 10.5. The van der Waals surface area contributed by atoms with Gasteiger partial charge in [0.05, 0.1) is 13.2 Å². The molecule has 2 heterocycles. The minimum atomic E-state index is -0.230. The summed E-state index contributed by atoms with van der Waals surface area (Å²) in [5.74, 6) is 2.25. The summed E-state index contributed by atoms with van der Waals surface area (Å²) < 4.78 is 19.0. The first-order valence-corrected chi connectivity index (χ1v) is 9.35. The summed E-state index contributed by atoms with van der Waals surface area (Å²) in [4.78, 5) is 6.71. The number of anilines is 1. The number of halogens is 1. The zero-order valence-electron chi connectivity index (χ0n) is 14.9. The van der Waals surface area contributed by atoms with Gasteiger partial charge >= 0.3 is 0 Å². The van der Waals surface area contributed by atoms with E-state index in [-0.39, 0.29) is 17.8 Å². The van der Waals surface area contributed by atoms with Crippen LogP contribution in [0, 0.1) is 17.2 Å². The number of ether oxygens (including phenoxy) is 1. The molecule has 0 unspecified atom stereocenters. The Hall–Kier alpha value is -2.14. The molecule has 26 heavy (non-hydrogen) atoms. The number of benzene rings is 1. The second-order valence-corrected chi connectivity index (χ2v) is 7.74. The van der Waals surface area contributed by atoms with E-state index in [1.165, 1.54) is 25.0 Å². The van der Waals surface area contributed by atoms with E-state index < -0.39 is 0 Å². The van der Waals surface area contributed by atoms with Crippen molar-refractivity contribution in [1.82, 2.24) is 4.98 Å². The highest BCUT2D eigenvalue weighted by Gasteiger charge is 2.38. The fraction of sp³-hybridized carbons (Fsp3) is 0.476. The molecule has 1 saturated heterocycles. The third kappa shape index (κ3) is 3.98. The Morgan fingerprint density at radius 1 is 1.23 bits per heavy atom. The van der Waals surface area contributed by atoms with Gasteiger partial charge in [-0.25, -0.2) is 9.37 Å². The van der Waals surface area contributed by atoms with Crippen molar-refractivity contribution in [3.8, 4) is 5.75 Å². The first kappa shape index (κ1) is 17.3. The number of rotatable bonds is 7. The standard InChI is InChI=1S/C21H25FN2O2/c22-18-5-3-16(4-6-18)12-21(15-25)8-10-24(14-21)20-11-19(7-9-23-20)26-13-17-1-2-17/h3-7,9,11,17,25H,1-2,8,10,12-15H2/t21-/m1/s1. The van der Waals surface area contributed by atoms with Crippen molar-refractivity contribution < 1.29 is 14.2 Å². The fourth-order valence-corrected chi connectivity index (χ4v) is 3.66. The Morgan fingerprint density at radius 3 is 2.77 bits per heavy atom. The quantitative estimate of drug-likeness (QED) is 0.825. The van der Waals surface area contributed by atoms with Gasteiger partial charge in [-0.2, -0.15) is 0 Å². The van der Waals surface area contributed by atoms with Crippen LogP contribution < -0.4 is 9.64 Å². The SMILES string of the molecule is OC[C@@]1(Cc2ccc(F)cc2)CCN(c2cc(OCC3CC3)ccn2)C1. The summed E-state index contributed by atoms with van der Waals surface area (Å²) in [5.41, 5.74) is 0.835. The van der Waals surface area contributed by atoms with Crippen molar-refractivity contribution in [2.75, 3.05) is 31.2 Å². The van der Waals surface area contributed by atoms with Crippen LogP contribution in [0.15, 0.2) is 42.6 Å². The van der Waals surface area contributed by atoms with E-state index in [0.29, 0.717) is 0 Å². The van der Waals surface area contributed by atoms with Crippen LogP contribution in [0.2, 0.25) is 0 Å². The fourth-order valence-electron chi connectivity index (χ4n) is 3.66. The molecule has 1 saturated carbocycles. The van der Waals surface area contributed by atoms with Crippen LogP contribution in [0.5, 0.6) is 5.75 Å². The molecule has 0 bridgehead atoms. The lowest BCUT2D eigenvalue weighted by molar-refractivity contribution is 0.144. The molecular formula is C21H25FN2O2. The molecule has 2 aromatic rings. The monoisotopic (exact) mass is 356 g/mol. The molecule has 4 rings (SSSR count). The molecule has 2 fully saturated rings. The number of hydrogen-bond acceptors (Lipinski definition) is 4. The lowest BCUT2D eigenvalue weighted by atomic mass is 9.81. The largest absolute Gasteiger partial charge is 0.493 e. The summed E-state index contributed by atoms with van der Waals surface area (Å²) in [7, 11) is 0. The van der Waals surface area contributed by atoms with Crippen LogP contribution in [0.1, 0.15) is 24.8 Å². The van der Waals surface area contributed by atoms with Gasteiger partial charge in [0.2, 0.25) is 0 Å². The van der Waals surface area contributed by atoms with Crippen molar-refractivity contribution in [2.45, 2.75) is 25.7 Å². The predicted octanol–water partition coefficient (Wildman–Crippen LogP) is 3.44.